The molecule has 0 bridgehead atoms. The van der Waals surface area contributed by atoms with Crippen molar-refractivity contribution in [2.45, 2.75) is 39.5 Å². The van der Waals surface area contributed by atoms with Crippen LogP contribution in [0.25, 0.3) is 0 Å². The standard InChI is InChI=1S/C10H16N2O3/c1-6(2)8-5-11(14)9(7(3)4)10(13)12(8)15/h5-7,15H,1-4H3. The summed E-state index contributed by atoms with van der Waals surface area (Å²) >= 11 is 0. The van der Waals surface area contributed by atoms with Crippen molar-refractivity contribution < 1.29 is 9.94 Å². The topological polar surface area (TPSA) is 69.2 Å². The summed E-state index contributed by atoms with van der Waals surface area (Å²) < 4.78 is 1.11. The van der Waals surface area contributed by atoms with Crippen molar-refractivity contribution in [2.24, 2.45) is 0 Å². The summed E-state index contributed by atoms with van der Waals surface area (Å²) in [5.74, 6) is -0.293. The third kappa shape index (κ3) is 1.95. The van der Waals surface area contributed by atoms with E-state index in [2.05, 4.69) is 0 Å². The van der Waals surface area contributed by atoms with Gasteiger partial charge in [-0.15, -0.1) is 4.73 Å². The van der Waals surface area contributed by atoms with Gasteiger partial charge in [0, 0.05) is 11.8 Å². The van der Waals surface area contributed by atoms with Crippen LogP contribution in [0, 0.1) is 5.21 Å². The molecule has 1 N–H and O–H groups in total. The van der Waals surface area contributed by atoms with E-state index in [1.54, 1.807) is 27.7 Å². The van der Waals surface area contributed by atoms with E-state index in [9.17, 15) is 15.2 Å². The van der Waals surface area contributed by atoms with Gasteiger partial charge in [0.2, 0.25) is 6.20 Å². The third-order valence-corrected chi connectivity index (χ3v) is 2.28. The summed E-state index contributed by atoms with van der Waals surface area (Å²) in [5.41, 5.74) is -0.257. The number of aromatic nitrogens is 2. The van der Waals surface area contributed by atoms with Crippen LogP contribution in [0.4, 0.5) is 0 Å². The minimum atomic E-state index is -0.633. The fourth-order valence-electron chi connectivity index (χ4n) is 1.46. The molecule has 0 saturated heterocycles. The lowest BCUT2D eigenvalue weighted by molar-refractivity contribution is -0.618. The van der Waals surface area contributed by atoms with Gasteiger partial charge in [-0.2, -0.15) is 4.73 Å². The van der Waals surface area contributed by atoms with Gasteiger partial charge in [-0.3, -0.25) is 4.79 Å². The smallest absolute Gasteiger partial charge is 0.352 e. The second-order valence-electron chi connectivity index (χ2n) is 4.19. The molecule has 5 heteroatoms. The molecule has 0 unspecified atom stereocenters. The lowest BCUT2D eigenvalue weighted by Gasteiger charge is -2.12. The van der Waals surface area contributed by atoms with Gasteiger partial charge in [-0.1, -0.05) is 27.7 Å². The number of hydrogen-bond donors (Lipinski definition) is 1. The largest absolute Gasteiger partial charge is 0.618 e. The Morgan fingerprint density at radius 1 is 1.33 bits per heavy atom. The average Bonchev–Trinajstić information content (AvgIpc) is 2.10. The van der Waals surface area contributed by atoms with Crippen molar-refractivity contribution in [2.75, 3.05) is 0 Å². The molecule has 1 aromatic rings. The summed E-state index contributed by atoms with van der Waals surface area (Å²) in [6.45, 7) is 7.08. The van der Waals surface area contributed by atoms with Crippen LogP contribution in [0.15, 0.2) is 11.0 Å². The van der Waals surface area contributed by atoms with Crippen molar-refractivity contribution in [3.05, 3.63) is 33.1 Å². The monoisotopic (exact) mass is 212 g/mol. The maximum absolute atomic E-state index is 11.6. The molecule has 1 aromatic heterocycles. The second kappa shape index (κ2) is 3.92. The fourth-order valence-corrected chi connectivity index (χ4v) is 1.46. The molecule has 15 heavy (non-hydrogen) atoms. The van der Waals surface area contributed by atoms with Gasteiger partial charge in [0.15, 0.2) is 0 Å². The molecule has 0 saturated carbocycles. The lowest BCUT2D eigenvalue weighted by Crippen LogP contribution is -2.44. The fraction of sp³-hybridized carbons (Fsp3) is 0.600. The Balaban J connectivity index is 3.52. The van der Waals surface area contributed by atoms with Crippen LogP contribution >= 0.6 is 0 Å². The normalized spacial score (nSPS) is 11.3. The Kier molecular flexibility index (Phi) is 3.02. The van der Waals surface area contributed by atoms with Crippen LogP contribution in [-0.4, -0.2) is 9.94 Å². The van der Waals surface area contributed by atoms with Gasteiger partial charge in [0.05, 0.1) is 0 Å². The van der Waals surface area contributed by atoms with E-state index in [4.69, 9.17) is 0 Å². The van der Waals surface area contributed by atoms with Gasteiger partial charge in [0.1, 0.15) is 5.69 Å². The first-order valence-corrected chi connectivity index (χ1v) is 4.94. The van der Waals surface area contributed by atoms with Crippen LogP contribution < -0.4 is 10.3 Å². The van der Waals surface area contributed by atoms with Gasteiger partial charge >= 0.3 is 5.56 Å². The first kappa shape index (κ1) is 11.6. The molecule has 0 aliphatic heterocycles. The summed E-state index contributed by atoms with van der Waals surface area (Å²) in [6.07, 6.45) is 1.25. The SMILES string of the molecule is CC(C)c1c[n+]([O-])c(C(C)C)c(=O)n1O. The minimum Gasteiger partial charge on any atom is -0.618 e. The Morgan fingerprint density at radius 3 is 2.27 bits per heavy atom. The predicted octanol–water partition coefficient (Wildman–Crippen LogP) is 0.966. The van der Waals surface area contributed by atoms with Crippen molar-refractivity contribution in [3.63, 3.8) is 0 Å². The van der Waals surface area contributed by atoms with Gasteiger partial charge < -0.3 is 10.4 Å². The van der Waals surface area contributed by atoms with E-state index in [0.29, 0.717) is 15.2 Å². The number of hydrogen-bond acceptors (Lipinski definition) is 3. The van der Waals surface area contributed by atoms with E-state index in [0.717, 1.165) is 0 Å². The van der Waals surface area contributed by atoms with Crippen LogP contribution in [0.2, 0.25) is 0 Å². The van der Waals surface area contributed by atoms with Crippen LogP contribution in [0.3, 0.4) is 0 Å². The van der Waals surface area contributed by atoms with Gasteiger partial charge in [-0.05, 0) is 0 Å². The molecular formula is C10H16N2O3. The highest BCUT2D eigenvalue weighted by Crippen LogP contribution is 2.11. The summed E-state index contributed by atoms with van der Waals surface area (Å²) in [4.78, 5) is 11.6. The predicted molar refractivity (Wildman–Crippen MR) is 55.0 cm³/mol. The summed E-state index contributed by atoms with van der Waals surface area (Å²) in [5, 5.41) is 21.1. The molecule has 0 aliphatic rings. The molecule has 5 nitrogen and oxygen atoms in total. The highest BCUT2D eigenvalue weighted by Gasteiger charge is 2.22. The first-order chi connectivity index (χ1) is 6.86. The van der Waals surface area contributed by atoms with Crippen LogP contribution in [0.5, 0.6) is 0 Å². The second-order valence-corrected chi connectivity index (χ2v) is 4.19. The van der Waals surface area contributed by atoms with Crippen molar-refractivity contribution >= 4 is 0 Å². The minimum absolute atomic E-state index is 0.0573. The van der Waals surface area contributed by atoms with Crippen LogP contribution in [-0.2, 0) is 0 Å². The van der Waals surface area contributed by atoms with Crippen molar-refractivity contribution in [3.8, 4) is 0 Å². The first-order valence-electron chi connectivity index (χ1n) is 4.94. The Morgan fingerprint density at radius 2 is 1.87 bits per heavy atom. The third-order valence-electron chi connectivity index (χ3n) is 2.28. The van der Waals surface area contributed by atoms with Gasteiger partial charge in [-0.25, -0.2) is 0 Å². The molecule has 0 aliphatic carbocycles. The number of rotatable bonds is 2. The summed E-state index contributed by atoms with van der Waals surface area (Å²) in [7, 11) is 0. The summed E-state index contributed by atoms with van der Waals surface area (Å²) in [6, 6.07) is 0. The molecule has 0 aromatic carbocycles. The highest BCUT2D eigenvalue weighted by molar-refractivity contribution is 5.05. The molecule has 0 atom stereocenters. The van der Waals surface area contributed by atoms with Gasteiger partial charge in [0.25, 0.3) is 5.69 Å². The Labute approximate surface area is 88.1 Å². The van der Waals surface area contributed by atoms with Crippen molar-refractivity contribution in [1.29, 1.82) is 0 Å². The van der Waals surface area contributed by atoms with Crippen LogP contribution in [0.1, 0.15) is 50.9 Å². The molecular weight excluding hydrogens is 196 g/mol. The Hall–Kier alpha value is -1.52. The van der Waals surface area contributed by atoms with Crippen molar-refractivity contribution in [1.82, 2.24) is 4.73 Å². The zero-order valence-corrected chi connectivity index (χ0v) is 9.39. The lowest BCUT2D eigenvalue weighted by atomic mass is 10.1. The quantitative estimate of drug-likeness (QED) is 0.451. The molecule has 1 heterocycles. The maximum Gasteiger partial charge on any atom is 0.352 e. The zero-order valence-electron chi connectivity index (χ0n) is 9.39. The molecule has 1 rings (SSSR count). The van der Waals surface area contributed by atoms with E-state index in [-0.39, 0.29) is 17.5 Å². The van der Waals surface area contributed by atoms with E-state index in [1.807, 2.05) is 0 Å². The maximum atomic E-state index is 11.6. The number of nitrogens with zero attached hydrogens (tertiary/aromatic N) is 2. The molecule has 84 valence electrons. The molecule has 0 spiro atoms. The van der Waals surface area contributed by atoms with E-state index >= 15 is 0 Å². The average molecular weight is 212 g/mol. The van der Waals surface area contributed by atoms with E-state index < -0.39 is 5.56 Å². The molecule has 0 amide bonds. The highest BCUT2D eigenvalue weighted by atomic mass is 16.5. The van der Waals surface area contributed by atoms with E-state index in [1.165, 1.54) is 6.20 Å². The zero-order chi connectivity index (χ0) is 11.7. The molecule has 0 fully saturated rings. The Bertz CT molecular complexity index is 421. The molecule has 0 radical (unpaired) electrons.